The van der Waals surface area contributed by atoms with Crippen molar-refractivity contribution in [2.45, 2.75) is 39.2 Å². The topological polar surface area (TPSA) is 45.2 Å². The van der Waals surface area contributed by atoms with Gasteiger partial charge >= 0.3 is 0 Å². The molecule has 1 amide bonds. The molecule has 1 atom stereocenters. The van der Waals surface area contributed by atoms with Crippen molar-refractivity contribution in [1.82, 2.24) is 15.2 Å². The number of nitrogens with zero attached hydrogens (tertiary/aromatic N) is 2. The lowest BCUT2D eigenvalue weighted by Gasteiger charge is -2.33. The molecule has 0 saturated carbocycles. The highest BCUT2D eigenvalue weighted by molar-refractivity contribution is 7.11. The van der Waals surface area contributed by atoms with Gasteiger partial charge in [-0.15, -0.1) is 11.3 Å². The molecule has 0 unspecified atom stereocenters. The van der Waals surface area contributed by atoms with Gasteiger partial charge in [0.2, 0.25) is 0 Å². The molecule has 1 saturated heterocycles. The molecule has 18 heavy (non-hydrogen) atoms. The van der Waals surface area contributed by atoms with Gasteiger partial charge in [-0.05, 0) is 33.2 Å². The first-order valence-electron chi connectivity index (χ1n) is 6.61. The molecule has 0 aliphatic carbocycles. The molecular weight excluding hydrogens is 246 g/mol. The summed E-state index contributed by atoms with van der Waals surface area (Å²) in [6.07, 6.45) is 3.90. The van der Waals surface area contributed by atoms with E-state index in [0.29, 0.717) is 6.04 Å². The van der Waals surface area contributed by atoms with E-state index in [1.807, 2.05) is 6.92 Å². The number of piperidine rings is 1. The second-order valence-corrected chi connectivity index (χ2v) is 5.76. The summed E-state index contributed by atoms with van der Waals surface area (Å²) < 4.78 is 0. The predicted molar refractivity (Wildman–Crippen MR) is 74.1 cm³/mol. The smallest absolute Gasteiger partial charge is 0.263 e. The Kier molecular flexibility index (Phi) is 4.72. The molecule has 0 spiro atoms. The minimum absolute atomic E-state index is 0.0136. The highest BCUT2D eigenvalue weighted by Crippen LogP contribution is 2.15. The fourth-order valence-corrected chi connectivity index (χ4v) is 3.12. The van der Waals surface area contributed by atoms with E-state index < -0.39 is 0 Å². The molecule has 0 aromatic carbocycles. The zero-order chi connectivity index (χ0) is 13.0. The van der Waals surface area contributed by atoms with Crippen LogP contribution in [0.5, 0.6) is 0 Å². The van der Waals surface area contributed by atoms with Gasteiger partial charge in [0.25, 0.3) is 5.91 Å². The number of likely N-dealkylation sites (tertiary alicyclic amines) is 1. The van der Waals surface area contributed by atoms with Crippen molar-refractivity contribution in [1.29, 1.82) is 0 Å². The molecule has 2 rings (SSSR count). The van der Waals surface area contributed by atoms with Crippen LogP contribution >= 0.6 is 11.3 Å². The minimum Gasteiger partial charge on any atom is -0.350 e. The summed E-state index contributed by atoms with van der Waals surface area (Å²) >= 11 is 1.41. The maximum Gasteiger partial charge on any atom is 0.263 e. The number of rotatable bonds is 4. The Morgan fingerprint density at radius 2 is 2.44 bits per heavy atom. The Morgan fingerprint density at radius 3 is 3.11 bits per heavy atom. The third-order valence-electron chi connectivity index (χ3n) is 3.58. The first-order valence-corrected chi connectivity index (χ1v) is 7.49. The van der Waals surface area contributed by atoms with Crippen LogP contribution < -0.4 is 5.32 Å². The van der Waals surface area contributed by atoms with Crippen LogP contribution in [0.15, 0.2) is 5.51 Å². The maximum absolute atomic E-state index is 11.9. The molecule has 0 radical (unpaired) electrons. The lowest BCUT2D eigenvalue weighted by atomic mass is 10.0. The highest BCUT2D eigenvalue weighted by Gasteiger charge is 2.18. The number of carbonyl (C=O) groups is 1. The molecular formula is C13H21N3OS. The van der Waals surface area contributed by atoms with Crippen molar-refractivity contribution in [2.24, 2.45) is 0 Å². The predicted octanol–water partition coefficient (Wildman–Crippen LogP) is 2.06. The standard InChI is InChI=1S/C13H21N3OS/c1-10-5-3-4-7-16(10)8-6-14-13(17)12-11(2)15-9-18-12/h9-10H,3-8H2,1-2H3,(H,14,17)/t10-/m1/s1. The molecule has 5 heteroatoms. The van der Waals surface area contributed by atoms with Crippen LogP contribution in [-0.2, 0) is 0 Å². The van der Waals surface area contributed by atoms with Crippen molar-refractivity contribution < 1.29 is 4.79 Å². The molecule has 0 bridgehead atoms. The minimum atomic E-state index is 0.0136. The summed E-state index contributed by atoms with van der Waals surface area (Å²) in [6.45, 7) is 6.98. The third kappa shape index (κ3) is 3.29. The second kappa shape index (κ2) is 6.29. The van der Waals surface area contributed by atoms with Gasteiger partial charge in [0.05, 0.1) is 11.2 Å². The normalized spacial score (nSPS) is 20.9. The van der Waals surface area contributed by atoms with E-state index in [1.165, 1.54) is 30.6 Å². The Hall–Kier alpha value is -0.940. The van der Waals surface area contributed by atoms with E-state index in [9.17, 15) is 4.79 Å². The molecule has 1 fully saturated rings. The van der Waals surface area contributed by atoms with Crippen molar-refractivity contribution in [3.05, 3.63) is 16.1 Å². The van der Waals surface area contributed by atoms with Crippen LogP contribution in [0.25, 0.3) is 0 Å². The third-order valence-corrected chi connectivity index (χ3v) is 4.50. The molecule has 1 aliphatic heterocycles. The van der Waals surface area contributed by atoms with Crippen molar-refractivity contribution in [3.8, 4) is 0 Å². The summed E-state index contributed by atoms with van der Waals surface area (Å²) in [6, 6.07) is 0.654. The molecule has 1 aromatic rings. The van der Waals surface area contributed by atoms with Gasteiger partial charge < -0.3 is 5.32 Å². The van der Waals surface area contributed by atoms with Crippen molar-refractivity contribution in [3.63, 3.8) is 0 Å². The van der Waals surface area contributed by atoms with Crippen molar-refractivity contribution in [2.75, 3.05) is 19.6 Å². The number of nitrogens with one attached hydrogen (secondary N) is 1. The Labute approximate surface area is 112 Å². The first-order chi connectivity index (χ1) is 8.68. The number of aromatic nitrogens is 1. The SMILES string of the molecule is Cc1ncsc1C(=O)NCCN1CCCC[C@H]1C. The molecule has 100 valence electrons. The van der Waals surface area contributed by atoms with Crippen LogP contribution in [0.1, 0.15) is 41.6 Å². The highest BCUT2D eigenvalue weighted by atomic mass is 32.1. The van der Waals surface area contributed by atoms with Crippen LogP contribution in [0.4, 0.5) is 0 Å². The number of thiazole rings is 1. The Bertz CT molecular complexity index is 405. The average molecular weight is 267 g/mol. The molecule has 1 aliphatic rings. The second-order valence-electron chi connectivity index (χ2n) is 4.90. The van der Waals surface area contributed by atoms with Crippen molar-refractivity contribution >= 4 is 17.2 Å². The van der Waals surface area contributed by atoms with Crippen LogP contribution in [0.2, 0.25) is 0 Å². The Morgan fingerprint density at radius 1 is 1.61 bits per heavy atom. The van der Waals surface area contributed by atoms with E-state index in [2.05, 4.69) is 22.1 Å². The number of amides is 1. The maximum atomic E-state index is 11.9. The first kappa shape index (κ1) is 13.5. The number of carbonyl (C=O) groups excluding carboxylic acids is 1. The lowest BCUT2D eigenvalue weighted by Crippen LogP contribution is -2.42. The summed E-state index contributed by atoms with van der Waals surface area (Å²) in [5.74, 6) is 0.0136. The zero-order valence-electron chi connectivity index (χ0n) is 11.1. The molecule has 4 nitrogen and oxygen atoms in total. The number of aryl methyl sites for hydroxylation is 1. The van der Waals surface area contributed by atoms with Gasteiger partial charge in [-0.1, -0.05) is 6.42 Å². The quantitative estimate of drug-likeness (QED) is 0.908. The monoisotopic (exact) mass is 267 g/mol. The van der Waals surface area contributed by atoms with Gasteiger partial charge in [0, 0.05) is 19.1 Å². The average Bonchev–Trinajstić information content (AvgIpc) is 2.78. The fraction of sp³-hybridized carbons (Fsp3) is 0.692. The lowest BCUT2D eigenvalue weighted by molar-refractivity contribution is 0.0941. The molecule has 1 aromatic heterocycles. The van der Waals surface area contributed by atoms with Gasteiger partial charge in [-0.25, -0.2) is 4.98 Å². The summed E-state index contributed by atoms with van der Waals surface area (Å²) in [4.78, 5) is 19.2. The van der Waals surface area contributed by atoms with E-state index in [4.69, 9.17) is 0 Å². The number of hydrogen-bond donors (Lipinski definition) is 1. The number of hydrogen-bond acceptors (Lipinski definition) is 4. The summed E-state index contributed by atoms with van der Waals surface area (Å²) in [5, 5.41) is 2.98. The fourth-order valence-electron chi connectivity index (χ4n) is 2.40. The van der Waals surface area contributed by atoms with Crippen LogP contribution in [0, 0.1) is 6.92 Å². The largest absolute Gasteiger partial charge is 0.350 e. The summed E-state index contributed by atoms with van der Waals surface area (Å²) in [7, 11) is 0. The van der Waals surface area contributed by atoms with Gasteiger partial charge in [0.15, 0.2) is 0 Å². The van der Waals surface area contributed by atoms with Crippen LogP contribution in [0.3, 0.4) is 0 Å². The summed E-state index contributed by atoms with van der Waals surface area (Å²) in [5.41, 5.74) is 2.54. The van der Waals surface area contributed by atoms with E-state index in [1.54, 1.807) is 5.51 Å². The van der Waals surface area contributed by atoms with E-state index >= 15 is 0 Å². The van der Waals surface area contributed by atoms with Gasteiger partial charge in [-0.2, -0.15) is 0 Å². The Balaban J connectivity index is 1.75. The van der Waals surface area contributed by atoms with E-state index in [-0.39, 0.29) is 5.91 Å². The molecule has 1 N–H and O–H groups in total. The van der Waals surface area contributed by atoms with Gasteiger partial charge in [-0.3, -0.25) is 9.69 Å². The van der Waals surface area contributed by atoms with E-state index in [0.717, 1.165) is 30.2 Å². The molecule has 2 heterocycles. The zero-order valence-corrected chi connectivity index (χ0v) is 11.9. The van der Waals surface area contributed by atoms with Gasteiger partial charge in [0.1, 0.15) is 4.88 Å². The van der Waals surface area contributed by atoms with Crippen LogP contribution in [-0.4, -0.2) is 41.5 Å².